The van der Waals surface area contributed by atoms with Crippen molar-refractivity contribution in [2.24, 2.45) is 5.92 Å². The molecule has 0 unspecified atom stereocenters. The largest absolute Gasteiger partial charge is 0.304 e. The molecule has 1 heteroatoms. The van der Waals surface area contributed by atoms with Gasteiger partial charge in [-0.3, -0.25) is 0 Å². The highest BCUT2D eigenvalue weighted by molar-refractivity contribution is 5.50. The van der Waals surface area contributed by atoms with Crippen LogP contribution in [0.3, 0.4) is 0 Å². The summed E-state index contributed by atoms with van der Waals surface area (Å²) in [6.07, 6.45) is 6.83. The average molecular weight is 319 g/mol. The minimum absolute atomic E-state index is 0.0870. The molecule has 1 N–H and O–H groups in total. The molecule has 24 heavy (non-hydrogen) atoms. The predicted octanol–water partition coefficient (Wildman–Crippen LogP) is 5.39. The Bertz CT molecular complexity index is 715. The Labute approximate surface area is 146 Å². The van der Waals surface area contributed by atoms with Gasteiger partial charge in [0.1, 0.15) is 0 Å². The first-order valence-electron chi connectivity index (χ1n) is 9.65. The third-order valence-electron chi connectivity index (χ3n) is 6.11. The Morgan fingerprint density at radius 1 is 0.958 bits per heavy atom. The van der Waals surface area contributed by atoms with Crippen LogP contribution in [0.5, 0.6) is 0 Å². The summed E-state index contributed by atoms with van der Waals surface area (Å²) in [6, 6.07) is 18.3. The third-order valence-corrected chi connectivity index (χ3v) is 6.11. The van der Waals surface area contributed by atoms with E-state index in [0.717, 1.165) is 12.5 Å². The second-order valence-corrected chi connectivity index (χ2v) is 7.82. The van der Waals surface area contributed by atoms with E-state index in [9.17, 15) is 0 Å². The molecule has 1 saturated carbocycles. The van der Waals surface area contributed by atoms with Gasteiger partial charge in [-0.1, -0.05) is 68.3 Å². The highest BCUT2D eigenvalue weighted by atomic mass is 15.0. The SMILES string of the molecule is CCN[C@]1(C)c2ccccc2C[C@H](CCC2CC2)c2ccccc21. The highest BCUT2D eigenvalue weighted by Gasteiger charge is 2.37. The van der Waals surface area contributed by atoms with Crippen molar-refractivity contribution in [3.05, 3.63) is 70.8 Å². The molecule has 0 heterocycles. The van der Waals surface area contributed by atoms with Crippen molar-refractivity contribution < 1.29 is 0 Å². The van der Waals surface area contributed by atoms with Gasteiger partial charge < -0.3 is 5.32 Å². The van der Waals surface area contributed by atoms with Gasteiger partial charge in [0.15, 0.2) is 0 Å². The molecular weight excluding hydrogens is 290 g/mol. The van der Waals surface area contributed by atoms with Crippen molar-refractivity contribution in [1.82, 2.24) is 5.32 Å². The topological polar surface area (TPSA) is 12.0 Å². The van der Waals surface area contributed by atoms with Gasteiger partial charge in [0.2, 0.25) is 0 Å². The van der Waals surface area contributed by atoms with Crippen LogP contribution < -0.4 is 5.32 Å². The van der Waals surface area contributed by atoms with Crippen LogP contribution in [-0.4, -0.2) is 6.54 Å². The van der Waals surface area contributed by atoms with Crippen LogP contribution in [0.15, 0.2) is 48.5 Å². The Hall–Kier alpha value is -1.60. The maximum absolute atomic E-state index is 3.81. The smallest absolute Gasteiger partial charge is 0.0667 e. The first kappa shape index (κ1) is 15.9. The Morgan fingerprint density at radius 2 is 1.67 bits per heavy atom. The molecule has 2 aliphatic carbocycles. The number of hydrogen-bond acceptors (Lipinski definition) is 1. The van der Waals surface area contributed by atoms with Gasteiger partial charge in [-0.2, -0.15) is 0 Å². The second-order valence-electron chi connectivity index (χ2n) is 7.82. The molecule has 0 bridgehead atoms. The molecule has 2 aromatic carbocycles. The number of fused-ring (bicyclic) bond motifs is 2. The van der Waals surface area contributed by atoms with Gasteiger partial charge in [-0.25, -0.2) is 0 Å². The summed E-state index contributed by atoms with van der Waals surface area (Å²) in [4.78, 5) is 0. The minimum Gasteiger partial charge on any atom is -0.304 e. The summed E-state index contributed by atoms with van der Waals surface area (Å²) in [5, 5.41) is 3.81. The molecule has 0 saturated heterocycles. The lowest BCUT2D eigenvalue weighted by atomic mass is 9.80. The van der Waals surface area contributed by atoms with E-state index in [-0.39, 0.29) is 5.54 Å². The molecule has 4 rings (SSSR count). The standard InChI is InChI=1S/C23H29N/c1-3-24-23(2)21-10-6-4-8-19(21)16-18(15-14-17-12-13-17)20-9-5-7-11-22(20)23/h4-11,17-18,24H,3,12-16H2,1-2H3/t18-,23+/m0/s1. The monoisotopic (exact) mass is 319 g/mol. The summed E-state index contributed by atoms with van der Waals surface area (Å²) in [6.45, 7) is 5.56. The van der Waals surface area contributed by atoms with Crippen LogP contribution in [0.2, 0.25) is 0 Å². The Kier molecular flexibility index (Phi) is 4.22. The summed E-state index contributed by atoms with van der Waals surface area (Å²) in [5.41, 5.74) is 5.96. The van der Waals surface area contributed by atoms with Crippen LogP contribution in [-0.2, 0) is 12.0 Å². The quantitative estimate of drug-likeness (QED) is 0.779. The van der Waals surface area contributed by atoms with Crippen LogP contribution in [0.4, 0.5) is 0 Å². The number of benzene rings is 2. The molecule has 0 amide bonds. The van der Waals surface area contributed by atoms with E-state index in [0.29, 0.717) is 5.92 Å². The van der Waals surface area contributed by atoms with Gasteiger partial charge in [0, 0.05) is 0 Å². The fourth-order valence-corrected chi connectivity index (χ4v) is 4.66. The van der Waals surface area contributed by atoms with Gasteiger partial charge in [0.05, 0.1) is 5.54 Å². The average Bonchev–Trinajstić information content (AvgIpc) is 3.43. The molecule has 0 radical (unpaired) electrons. The van der Waals surface area contributed by atoms with Crippen molar-refractivity contribution in [2.75, 3.05) is 6.54 Å². The minimum atomic E-state index is -0.0870. The van der Waals surface area contributed by atoms with Crippen molar-refractivity contribution in [2.45, 2.75) is 57.4 Å². The van der Waals surface area contributed by atoms with Crippen molar-refractivity contribution in [3.63, 3.8) is 0 Å². The van der Waals surface area contributed by atoms with Gasteiger partial charge in [-0.15, -0.1) is 0 Å². The second kappa shape index (κ2) is 6.37. The molecule has 2 aromatic rings. The van der Waals surface area contributed by atoms with Crippen molar-refractivity contribution in [1.29, 1.82) is 0 Å². The number of hydrogen-bond donors (Lipinski definition) is 1. The maximum Gasteiger partial charge on any atom is 0.0667 e. The summed E-state index contributed by atoms with van der Waals surface area (Å²) in [5.74, 6) is 1.67. The maximum atomic E-state index is 3.81. The first-order chi connectivity index (χ1) is 11.7. The summed E-state index contributed by atoms with van der Waals surface area (Å²) < 4.78 is 0. The van der Waals surface area contributed by atoms with Gasteiger partial charge in [-0.05, 0) is 66.8 Å². The zero-order valence-corrected chi connectivity index (χ0v) is 15.0. The Morgan fingerprint density at radius 3 is 2.42 bits per heavy atom. The number of nitrogens with one attached hydrogen (secondary N) is 1. The first-order valence-corrected chi connectivity index (χ1v) is 9.65. The van der Waals surface area contributed by atoms with E-state index in [1.165, 1.54) is 48.8 Å². The molecule has 2 atom stereocenters. The zero-order valence-electron chi connectivity index (χ0n) is 15.0. The lowest BCUT2D eigenvalue weighted by molar-refractivity contribution is 0.449. The predicted molar refractivity (Wildman–Crippen MR) is 101 cm³/mol. The van der Waals surface area contributed by atoms with Crippen molar-refractivity contribution in [3.8, 4) is 0 Å². The zero-order chi connectivity index (χ0) is 16.6. The fourth-order valence-electron chi connectivity index (χ4n) is 4.66. The lowest BCUT2D eigenvalue weighted by Crippen LogP contribution is -2.41. The van der Waals surface area contributed by atoms with E-state index < -0.39 is 0 Å². The summed E-state index contributed by atoms with van der Waals surface area (Å²) in [7, 11) is 0. The van der Waals surface area contributed by atoms with E-state index in [2.05, 4.69) is 67.7 Å². The molecular formula is C23H29N. The van der Waals surface area contributed by atoms with Gasteiger partial charge >= 0.3 is 0 Å². The van der Waals surface area contributed by atoms with Crippen molar-refractivity contribution >= 4 is 0 Å². The lowest BCUT2D eigenvalue weighted by Gasteiger charge is -2.34. The molecule has 1 nitrogen and oxygen atoms in total. The molecule has 2 aliphatic rings. The van der Waals surface area contributed by atoms with Crippen LogP contribution >= 0.6 is 0 Å². The van der Waals surface area contributed by atoms with Gasteiger partial charge in [0.25, 0.3) is 0 Å². The normalized spacial score (nSPS) is 25.7. The third kappa shape index (κ3) is 2.80. The molecule has 1 fully saturated rings. The van der Waals surface area contributed by atoms with E-state index in [4.69, 9.17) is 0 Å². The molecule has 0 aromatic heterocycles. The van der Waals surface area contributed by atoms with Crippen LogP contribution in [0.1, 0.15) is 67.7 Å². The van der Waals surface area contributed by atoms with E-state index >= 15 is 0 Å². The van der Waals surface area contributed by atoms with E-state index in [1.807, 2.05) is 0 Å². The van der Waals surface area contributed by atoms with Crippen LogP contribution in [0.25, 0.3) is 0 Å². The molecule has 0 aliphatic heterocycles. The highest BCUT2D eigenvalue weighted by Crippen LogP contribution is 2.44. The molecule has 0 spiro atoms. The summed E-state index contributed by atoms with van der Waals surface area (Å²) >= 11 is 0. The fraction of sp³-hybridized carbons (Fsp3) is 0.478. The molecule has 126 valence electrons. The number of rotatable bonds is 5. The Balaban J connectivity index is 1.82. The van der Waals surface area contributed by atoms with Crippen LogP contribution in [0, 0.1) is 5.92 Å². The van der Waals surface area contributed by atoms with E-state index in [1.54, 1.807) is 5.56 Å².